The molecule has 1 N–H and O–H groups in total. The minimum Gasteiger partial charge on any atom is -0.321 e. The summed E-state index contributed by atoms with van der Waals surface area (Å²) in [6.45, 7) is 2.13. The third-order valence-corrected chi connectivity index (χ3v) is 3.50. The molecule has 100 valence electrons. The molecule has 0 atom stereocenters. The molecule has 0 aliphatic heterocycles. The molecule has 0 saturated carbocycles. The average molecular weight is 264 g/mol. The molecule has 2 heterocycles. The van der Waals surface area contributed by atoms with Gasteiger partial charge in [0.25, 0.3) is 5.56 Å². The second kappa shape index (κ2) is 5.29. The number of pyridine rings is 2. The molecule has 3 heteroatoms. The van der Waals surface area contributed by atoms with E-state index in [1.807, 2.05) is 30.3 Å². The van der Waals surface area contributed by atoms with Crippen LogP contribution in [0.25, 0.3) is 22.0 Å². The second-order valence-corrected chi connectivity index (χ2v) is 4.84. The standard InChI is InChI=1S/C17H16N2O/c1-2-5-14-13-6-3-4-7-15(13)19-17(20)16(14)12-8-10-18-11-9-12/h3-4,6-11H,2,5H2,1H3,(H,19,20). The Morgan fingerprint density at radius 3 is 2.60 bits per heavy atom. The van der Waals surface area contributed by atoms with Crippen molar-refractivity contribution in [3.63, 3.8) is 0 Å². The van der Waals surface area contributed by atoms with Crippen molar-refractivity contribution in [2.24, 2.45) is 0 Å². The van der Waals surface area contributed by atoms with E-state index in [9.17, 15) is 4.79 Å². The van der Waals surface area contributed by atoms with Crippen molar-refractivity contribution in [1.82, 2.24) is 9.97 Å². The van der Waals surface area contributed by atoms with Crippen LogP contribution in [0.15, 0.2) is 53.6 Å². The van der Waals surface area contributed by atoms with Gasteiger partial charge >= 0.3 is 0 Å². The summed E-state index contributed by atoms with van der Waals surface area (Å²) in [4.78, 5) is 19.5. The number of aromatic amines is 1. The van der Waals surface area contributed by atoms with Crippen molar-refractivity contribution in [2.45, 2.75) is 19.8 Å². The number of fused-ring (bicyclic) bond motifs is 1. The fraction of sp³-hybridized carbons (Fsp3) is 0.176. The molecule has 20 heavy (non-hydrogen) atoms. The summed E-state index contributed by atoms with van der Waals surface area (Å²) in [6, 6.07) is 11.8. The van der Waals surface area contributed by atoms with Crippen LogP contribution in [0.3, 0.4) is 0 Å². The molecule has 1 aromatic carbocycles. The Balaban J connectivity index is 2.38. The van der Waals surface area contributed by atoms with E-state index >= 15 is 0 Å². The Hall–Kier alpha value is -2.42. The third kappa shape index (κ3) is 2.11. The Morgan fingerprint density at radius 1 is 1.10 bits per heavy atom. The molecular formula is C17H16N2O. The molecule has 0 unspecified atom stereocenters. The van der Waals surface area contributed by atoms with Crippen molar-refractivity contribution in [1.29, 1.82) is 0 Å². The third-order valence-electron chi connectivity index (χ3n) is 3.50. The molecule has 0 aliphatic carbocycles. The van der Waals surface area contributed by atoms with Gasteiger partial charge in [-0.3, -0.25) is 9.78 Å². The number of para-hydroxylation sites is 1. The van der Waals surface area contributed by atoms with Crippen molar-refractivity contribution in [3.05, 3.63) is 64.7 Å². The predicted octanol–water partition coefficient (Wildman–Crippen LogP) is 3.54. The Labute approximate surface area is 117 Å². The van der Waals surface area contributed by atoms with E-state index in [0.29, 0.717) is 0 Å². The highest BCUT2D eigenvalue weighted by molar-refractivity contribution is 5.88. The van der Waals surface area contributed by atoms with E-state index in [1.165, 1.54) is 0 Å². The van der Waals surface area contributed by atoms with Crippen LogP contribution in [0.5, 0.6) is 0 Å². The predicted molar refractivity (Wildman–Crippen MR) is 81.8 cm³/mol. The first-order chi connectivity index (χ1) is 9.81. The summed E-state index contributed by atoms with van der Waals surface area (Å²) in [6.07, 6.45) is 5.34. The van der Waals surface area contributed by atoms with Crippen LogP contribution in [0.2, 0.25) is 0 Å². The second-order valence-electron chi connectivity index (χ2n) is 4.84. The minimum atomic E-state index is -0.0293. The van der Waals surface area contributed by atoms with E-state index in [0.717, 1.165) is 40.4 Å². The van der Waals surface area contributed by atoms with Crippen LogP contribution in [-0.2, 0) is 6.42 Å². The Bertz CT molecular complexity index is 791. The van der Waals surface area contributed by atoms with Crippen molar-refractivity contribution < 1.29 is 0 Å². The fourth-order valence-electron chi connectivity index (χ4n) is 2.65. The van der Waals surface area contributed by atoms with E-state index < -0.39 is 0 Å². The molecule has 0 bridgehead atoms. The summed E-state index contributed by atoms with van der Waals surface area (Å²) in [5.74, 6) is 0. The lowest BCUT2D eigenvalue weighted by molar-refractivity contribution is 0.927. The van der Waals surface area contributed by atoms with Gasteiger partial charge in [0.1, 0.15) is 0 Å². The zero-order chi connectivity index (χ0) is 13.9. The number of benzene rings is 1. The van der Waals surface area contributed by atoms with Gasteiger partial charge in [-0.1, -0.05) is 31.5 Å². The Kier molecular flexibility index (Phi) is 3.33. The van der Waals surface area contributed by atoms with Gasteiger partial charge in [-0.05, 0) is 35.7 Å². The quantitative estimate of drug-likeness (QED) is 0.786. The van der Waals surface area contributed by atoms with Crippen LogP contribution in [0.1, 0.15) is 18.9 Å². The molecule has 0 aliphatic rings. The largest absolute Gasteiger partial charge is 0.321 e. The molecule has 0 spiro atoms. The zero-order valence-corrected chi connectivity index (χ0v) is 11.4. The van der Waals surface area contributed by atoms with Gasteiger partial charge in [-0.15, -0.1) is 0 Å². The van der Waals surface area contributed by atoms with Gasteiger partial charge in [0.2, 0.25) is 0 Å². The molecule has 0 saturated heterocycles. The first kappa shape index (κ1) is 12.6. The number of nitrogens with one attached hydrogen (secondary N) is 1. The van der Waals surface area contributed by atoms with Gasteiger partial charge in [0.15, 0.2) is 0 Å². The molecule has 3 nitrogen and oxygen atoms in total. The van der Waals surface area contributed by atoms with Crippen LogP contribution in [-0.4, -0.2) is 9.97 Å². The Morgan fingerprint density at radius 2 is 1.85 bits per heavy atom. The van der Waals surface area contributed by atoms with Crippen LogP contribution < -0.4 is 5.56 Å². The summed E-state index contributed by atoms with van der Waals surface area (Å²) in [7, 11) is 0. The molecule has 3 aromatic rings. The van der Waals surface area contributed by atoms with Crippen molar-refractivity contribution in [2.75, 3.05) is 0 Å². The van der Waals surface area contributed by atoms with E-state index in [1.54, 1.807) is 12.4 Å². The van der Waals surface area contributed by atoms with Gasteiger partial charge in [-0.2, -0.15) is 0 Å². The lowest BCUT2D eigenvalue weighted by Gasteiger charge is -2.11. The number of rotatable bonds is 3. The van der Waals surface area contributed by atoms with Gasteiger partial charge < -0.3 is 4.98 Å². The summed E-state index contributed by atoms with van der Waals surface area (Å²) < 4.78 is 0. The number of H-pyrrole nitrogens is 1. The van der Waals surface area contributed by atoms with Crippen LogP contribution >= 0.6 is 0 Å². The fourth-order valence-corrected chi connectivity index (χ4v) is 2.65. The lowest BCUT2D eigenvalue weighted by Crippen LogP contribution is -2.12. The van der Waals surface area contributed by atoms with Gasteiger partial charge in [0.05, 0.1) is 5.56 Å². The molecule has 0 fully saturated rings. The number of aryl methyl sites for hydroxylation is 1. The number of nitrogens with zero attached hydrogens (tertiary/aromatic N) is 1. The maximum atomic E-state index is 12.5. The van der Waals surface area contributed by atoms with E-state index in [4.69, 9.17) is 0 Å². The molecular weight excluding hydrogens is 248 g/mol. The van der Waals surface area contributed by atoms with Crippen LogP contribution in [0.4, 0.5) is 0 Å². The summed E-state index contributed by atoms with van der Waals surface area (Å²) in [5.41, 5.74) is 3.69. The summed E-state index contributed by atoms with van der Waals surface area (Å²) in [5, 5.41) is 1.13. The van der Waals surface area contributed by atoms with Crippen molar-refractivity contribution >= 4 is 10.9 Å². The van der Waals surface area contributed by atoms with E-state index in [2.05, 4.69) is 23.0 Å². The highest BCUT2D eigenvalue weighted by Gasteiger charge is 2.13. The maximum Gasteiger partial charge on any atom is 0.256 e. The maximum absolute atomic E-state index is 12.5. The number of hydrogen-bond donors (Lipinski definition) is 1. The zero-order valence-electron chi connectivity index (χ0n) is 11.4. The minimum absolute atomic E-state index is 0.0293. The molecule has 2 aromatic heterocycles. The number of hydrogen-bond acceptors (Lipinski definition) is 2. The smallest absolute Gasteiger partial charge is 0.256 e. The molecule has 3 rings (SSSR count). The molecule has 0 amide bonds. The van der Waals surface area contributed by atoms with E-state index in [-0.39, 0.29) is 5.56 Å². The van der Waals surface area contributed by atoms with Crippen molar-refractivity contribution in [3.8, 4) is 11.1 Å². The lowest BCUT2D eigenvalue weighted by atomic mass is 9.95. The first-order valence-corrected chi connectivity index (χ1v) is 6.85. The summed E-state index contributed by atoms with van der Waals surface area (Å²) >= 11 is 0. The highest BCUT2D eigenvalue weighted by Crippen LogP contribution is 2.26. The number of aromatic nitrogens is 2. The highest BCUT2D eigenvalue weighted by atomic mass is 16.1. The topological polar surface area (TPSA) is 45.8 Å². The SMILES string of the molecule is CCCc1c(-c2ccncc2)c(=O)[nH]c2ccccc12. The van der Waals surface area contributed by atoms with Gasteiger partial charge in [0, 0.05) is 23.3 Å². The van der Waals surface area contributed by atoms with Crippen LogP contribution in [0, 0.1) is 0 Å². The monoisotopic (exact) mass is 264 g/mol. The average Bonchev–Trinajstić information content (AvgIpc) is 2.48. The normalized spacial score (nSPS) is 10.8. The molecule has 0 radical (unpaired) electrons. The first-order valence-electron chi connectivity index (χ1n) is 6.85. The van der Waals surface area contributed by atoms with Gasteiger partial charge in [-0.25, -0.2) is 0 Å².